The van der Waals surface area contributed by atoms with Gasteiger partial charge in [0.05, 0.1) is 22.0 Å². The third-order valence-corrected chi connectivity index (χ3v) is 6.84. The number of aryl methyl sites for hydroxylation is 1. The molecule has 5 nitrogen and oxygen atoms in total. The quantitative estimate of drug-likeness (QED) is 0.757. The molecule has 0 bridgehead atoms. The first-order valence-electron chi connectivity index (χ1n) is 8.75. The third-order valence-electron chi connectivity index (χ3n) is 4.92. The van der Waals surface area contributed by atoms with Gasteiger partial charge in [0.1, 0.15) is 11.6 Å². The maximum atomic E-state index is 13.4. The van der Waals surface area contributed by atoms with E-state index in [0.717, 1.165) is 18.4 Å². The van der Waals surface area contributed by atoms with E-state index in [9.17, 15) is 12.8 Å². The highest BCUT2D eigenvalue weighted by molar-refractivity contribution is 7.89. The SMILES string of the molecule is CCc1ccc(S(=O)(=O)N2CCCC2c2nc3ccc(F)cc3[nH]2)cc1. The van der Waals surface area contributed by atoms with E-state index in [0.29, 0.717) is 34.7 Å². The zero-order valence-corrected chi connectivity index (χ0v) is 15.3. The van der Waals surface area contributed by atoms with Crippen LogP contribution in [0.3, 0.4) is 0 Å². The molecule has 1 saturated heterocycles. The normalized spacial score (nSPS) is 18.6. The number of imidazole rings is 1. The highest BCUT2D eigenvalue weighted by Gasteiger charge is 2.37. The van der Waals surface area contributed by atoms with Crippen molar-refractivity contribution in [2.75, 3.05) is 6.54 Å². The molecular formula is C19H20FN3O2S. The van der Waals surface area contributed by atoms with Gasteiger partial charge >= 0.3 is 0 Å². The monoisotopic (exact) mass is 373 g/mol. The second-order valence-corrected chi connectivity index (χ2v) is 8.45. The summed E-state index contributed by atoms with van der Waals surface area (Å²) in [4.78, 5) is 7.88. The molecule has 4 rings (SSSR count). The number of aromatic nitrogens is 2. The molecule has 1 atom stereocenters. The van der Waals surface area contributed by atoms with Gasteiger partial charge in [0.2, 0.25) is 10.0 Å². The fourth-order valence-electron chi connectivity index (χ4n) is 3.49. The molecule has 1 unspecified atom stereocenters. The zero-order chi connectivity index (χ0) is 18.3. The summed E-state index contributed by atoms with van der Waals surface area (Å²) in [5.74, 6) is 0.219. The molecule has 1 aliphatic heterocycles. The number of hydrogen-bond donors (Lipinski definition) is 1. The van der Waals surface area contributed by atoms with Crippen molar-refractivity contribution in [3.05, 3.63) is 59.7 Å². The molecule has 2 heterocycles. The van der Waals surface area contributed by atoms with Crippen molar-refractivity contribution < 1.29 is 12.8 Å². The van der Waals surface area contributed by atoms with E-state index in [1.54, 1.807) is 18.2 Å². The molecule has 0 aliphatic carbocycles. The number of rotatable bonds is 4. The smallest absolute Gasteiger partial charge is 0.243 e. The maximum Gasteiger partial charge on any atom is 0.243 e. The minimum Gasteiger partial charge on any atom is -0.341 e. The van der Waals surface area contributed by atoms with Crippen LogP contribution in [0.25, 0.3) is 11.0 Å². The van der Waals surface area contributed by atoms with E-state index in [1.807, 2.05) is 19.1 Å². The van der Waals surface area contributed by atoms with Gasteiger partial charge in [-0.15, -0.1) is 0 Å². The van der Waals surface area contributed by atoms with Crippen LogP contribution in [0.1, 0.15) is 37.2 Å². The Labute approximate surface area is 151 Å². The molecule has 0 saturated carbocycles. The minimum atomic E-state index is -3.61. The Morgan fingerprint density at radius 2 is 2.00 bits per heavy atom. The van der Waals surface area contributed by atoms with Gasteiger partial charge in [-0.1, -0.05) is 19.1 Å². The molecule has 1 N–H and O–H groups in total. The Kier molecular flexibility index (Phi) is 4.28. The number of benzene rings is 2. The molecule has 0 radical (unpaired) electrons. The van der Waals surface area contributed by atoms with Crippen LogP contribution in [0.2, 0.25) is 0 Å². The maximum absolute atomic E-state index is 13.4. The summed E-state index contributed by atoms with van der Waals surface area (Å²) in [5, 5.41) is 0. The Hall–Kier alpha value is -2.25. The topological polar surface area (TPSA) is 66.1 Å². The predicted octanol–water partition coefficient (Wildman–Crippen LogP) is 3.79. The predicted molar refractivity (Wildman–Crippen MR) is 97.7 cm³/mol. The van der Waals surface area contributed by atoms with E-state index < -0.39 is 10.0 Å². The highest BCUT2D eigenvalue weighted by atomic mass is 32.2. The first-order chi connectivity index (χ1) is 12.5. The molecule has 7 heteroatoms. The van der Waals surface area contributed by atoms with Crippen molar-refractivity contribution in [1.29, 1.82) is 0 Å². The van der Waals surface area contributed by atoms with Crippen molar-refractivity contribution in [3.63, 3.8) is 0 Å². The Balaban J connectivity index is 1.70. The van der Waals surface area contributed by atoms with Gasteiger partial charge < -0.3 is 4.98 Å². The van der Waals surface area contributed by atoms with Crippen LogP contribution in [0.15, 0.2) is 47.4 Å². The van der Waals surface area contributed by atoms with Gasteiger partial charge in [-0.3, -0.25) is 0 Å². The third kappa shape index (κ3) is 2.91. The van der Waals surface area contributed by atoms with Crippen molar-refractivity contribution in [2.45, 2.75) is 37.1 Å². The molecule has 0 amide bonds. The molecule has 1 aromatic heterocycles. The number of nitrogens with zero attached hydrogens (tertiary/aromatic N) is 2. The number of sulfonamides is 1. The Morgan fingerprint density at radius 3 is 2.73 bits per heavy atom. The van der Waals surface area contributed by atoms with Gasteiger partial charge in [0.15, 0.2) is 0 Å². The standard InChI is InChI=1S/C19H20FN3O2S/c1-2-13-5-8-15(9-6-13)26(24,25)23-11-3-4-18(23)19-21-16-10-7-14(20)12-17(16)22-19/h5-10,12,18H,2-4,11H2,1H3,(H,21,22). The summed E-state index contributed by atoms with van der Waals surface area (Å²) in [7, 11) is -3.61. The Morgan fingerprint density at radius 1 is 1.23 bits per heavy atom. The van der Waals surface area contributed by atoms with E-state index >= 15 is 0 Å². The van der Waals surface area contributed by atoms with Gasteiger partial charge in [0.25, 0.3) is 0 Å². The first kappa shape index (κ1) is 17.2. The van der Waals surface area contributed by atoms with Crippen molar-refractivity contribution in [3.8, 4) is 0 Å². The fourth-order valence-corrected chi connectivity index (χ4v) is 5.15. The average molecular weight is 373 g/mol. The van der Waals surface area contributed by atoms with Crippen molar-refractivity contribution >= 4 is 21.1 Å². The van der Waals surface area contributed by atoms with Crippen LogP contribution < -0.4 is 0 Å². The lowest BCUT2D eigenvalue weighted by molar-refractivity contribution is 0.385. The molecule has 0 spiro atoms. The Bertz CT molecular complexity index is 1040. The number of halogens is 1. The summed E-state index contributed by atoms with van der Waals surface area (Å²) < 4.78 is 41.1. The van der Waals surface area contributed by atoms with E-state index in [2.05, 4.69) is 9.97 Å². The fraction of sp³-hybridized carbons (Fsp3) is 0.316. The summed E-state index contributed by atoms with van der Waals surface area (Å²) in [6.45, 7) is 2.48. The van der Waals surface area contributed by atoms with Crippen LogP contribution in [-0.4, -0.2) is 29.2 Å². The van der Waals surface area contributed by atoms with Crippen LogP contribution in [-0.2, 0) is 16.4 Å². The zero-order valence-electron chi connectivity index (χ0n) is 14.4. The molecular weight excluding hydrogens is 353 g/mol. The minimum absolute atomic E-state index is 0.295. The average Bonchev–Trinajstić information content (AvgIpc) is 3.28. The summed E-state index contributed by atoms with van der Waals surface area (Å²) >= 11 is 0. The van der Waals surface area contributed by atoms with Crippen LogP contribution >= 0.6 is 0 Å². The van der Waals surface area contributed by atoms with Crippen LogP contribution in [0.5, 0.6) is 0 Å². The molecule has 3 aromatic rings. The highest BCUT2D eigenvalue weighted by Crippen LogP contribution is 2.36. The lowest BCUT2D eigenvalue weighted by Crippen LogP contribution is -2.31. The second kappa shape index (κ2) is 6.48. The number of hydrogen-bond acceptors (Lipinski definition) is 3. The van der Waals surface area contributed by atoms with Gasteiger partial charge in [0, 0.05) is 6.54 Å². The molecule has 1 aliphatic rings. The van der Waals surface area contributed by atoms with Crippen molar-refractivity contribution in [1.82, 2.24) is 14.3 Å². The van der Waals surface area contributed by atoms with Gasteiger partial charge in [-0.05, 0) is 55.2 Å². The largest absolute Gasteiger partial charge is 0.341 e. The van der Waals surface area contributed by atoms with Crippen LogP contribution in [0.4, 0.5) is 4.39 Å². The van der Waals surface area contributed by atoms with Gasteiger partial charge in [-0.25, -0.2) is 17.8 Å². The van der Waals surface area contributed by atoms with E-state index in [-0.39, 0.29) is 11.9 Å². The molecule has 1 fully saturated rings. The lowest BCUT2D eigenvalue weighted by atomic mass is 10.2. The van der Waals surface area contributed by atoms with E-state index in [4.69, 9.17) is 0 Å². The van der Waals surface area contributed by atoms with E-state index in [1.165, 1.54) is 16.4 Å². The molecule has 26 heavy (non-hydrogen) atoms. The van der Waals surface area contributed by atoms with Crippen LogP contribution in [0, 0.1) is 5.82 Å². The second-order valence-electron chi connectivity index (χ2n) is 6.55. The first-order valence-corrected chi connectivity index (χ1v) is 10.2. The lowest BCUT2D eigenvalue weighted by Gasteiger charge is -2.22. The summed E-state index contributed by atoms with van der Waals surface area (Å²) in [5.41, 5.74) is 2.32. The van der Waals surface area contributed by atoms with Crippen molar-refractivity contribution in [2.24, 2.45) is 0 Å². The molecule has 2 aromatic carbocycles. The van der Waals surface area contributed by atoms with Gasteiger partial charge in [-0.2, -0.15) is 4.31 Å². The number of H-pyrrole nitrogens is 1. The number of fused-ring (bicyclic) bond motifs is 1. The number of aromatic amines is 1. The summed E-state index contributed by atoms with van der Waals surface area (Å²) in [6, 6.07) is 11.0. The number of nitrogens with one attached hydrogen (secondary N) is 1. The summed E-state index contributed by atoms with van der Waals surface area (Å²) in [6.07, 6.45) is 2.32. The molecule has 136 valence electrons.